The average molecular weight is 441 g/mol. The summed E-state index contributed by atoms with van der Waals surface area (Å²) >= 11 is 2.77. The smallest absolute Gasteiger partial charge is 0.277 e. The van der Waals surface area contributed by atoms with Gasteiger partial charge in [0, 0.05) is 35.0 Å². The third kappa shape index (κ3) is 3.59. The summed E-state index contributed by atoms with van der Waals surface area (Å²) in [6.07, 6.45) is 1.83. The van der Waals surface area contributed by atoms with Crippen molar-refractivity contribution < 1.29 is 13.6 Å². The quantitative estimate of drug-likeness (QED) is 0.453. The topological polar surface area (TPSA) is 75.0 Å². The van der Waals surface area contributed by atoms with Crippen molar-refractivity contribution in [2.75, 3.05) is 18.1 Å². The lowest BCUT2D eigenvalue weighted by Gasteiger charge is -2.24. The van der Waals surface area contributed by atoms with Crippen LogP contribution in [-0.4, -0.2) is 44.0 Å². The molecule has 1 fully saturated rings. The maximum atomic E-state index is 14.2. The predicted octanol–water partition coefficient (Wildman–Crippen LogP) is 4.72. The molecule has 1 N–H and O–H groups in total. The molecule has 1 aliphatic rings. The van der Waals surface area contributed by atoms with Crippen LogP contribution in [0.4, 0.5) is 4.39 Å². The fraction of sp³-hybridized carbons (Fsp3) is 0.190. The zero-order valence-corrected chi connectivity index (χ0v) is 17.4. The third-order valence-corrected chi connectivity index (χ3v) is 6.97. The minimum atomic E-state index is -0.302. The van der Waals surface area contributed by atoms with Gasteiger partial charge in [-0.05, 0) is 12.1 Å². The van der Waals surface area contributed by atoms with Gasteiger partial charge >= 0.3 is 0 Å². The number of amides is 1. The molecule has 1 unspecified atom stereocenters. The molecule has 1 amide bonds. The Labute approximate surface area is 180 Å². The lowest BCUT2D eigenvalue weighted by Crippen LogP contribution is -2.32. The van der Waals surface area contributed by atoms with Gasteiger partial charge in [-0.1, -0.05) is 48.2 Å². The van der Waals surface area contributed by atoms with Crippen molar-refractivity contribution in [2.45, 2.75) is 10.6 Å². The monoisotopic (exact) mass is 440 g/mol. The van der Waals surface area contributed by atoms with Crippen molar-refractivity contribution in [1.82, 2.24) is 20.1 Å². The normalized spacial score (nSPS) is 16.4. The number of aromatic amines is 1. The fourth-order valence-corrected chi connectivity index (χ4v) is 5.44. The van der Waals surface area contributed by atoms with Crippen LogP contribution in [0.1, 0.15) is 10.9 Å². The van der Waals surface area contributed by atoms with Gasteiger partial charge in [-0.2, -0.15) is 0 Å². The van der Waals surface area contributed by atoms with Crippen LogP contribution in [0.3, 0.4) is 0 Å². The Bertz CT molecular complexity index is 1210. The molecule has 2 aromatic carbocycles. The first kappa shape index (κ1) is 19.2. The molecule has 152 valence electrons. The minimum absolute atomic E-state index is 0.0786. The Morgan fingerprint density at radius 2 is 2.07 bits per heavy atom. The number of rotatable bonds is 5. The van der Waals surface area contributed by atoms with Crippen LogP contribution in [0.2, 0.25) is 0 Å². The van der Waals surface area contributed by atoms with Gasteiger partial charge in [0.25, 0.3) is 11.1 Å². The van der Waals surface area contributed by atoms with E-state index < -0.39 is 0 Å². The van der Waals surface area contributed by atoms with E-state index in [1.54, 1.807) is 34.9 Å². The molecule has 0 bridgehead atoms. The summed E-state index contributed by atoms with van der Waals surface area (Å²) in [7, 11) is 0. The molecule has 1 saturated heterocycles. The minimum Gasteiger partial charge on any atom is -0.411 e. The average Bonchev–Trinajstić information content (AvgIpc) is 3.51. The standard InChI is InChI=1S/C21H17FN4O2S2/c22-16-7-3-1-6-14(16)20-26(9-10-29-20)18(27)12-30-21-25-24-19(28-21)15-11-23-17-8-4-2-5-13(15)17/h1-8,11,20,23H,9-10,12H2. The van der Waals surface area contributed by atoms with Crippen molar-refractivity contribution in [3.05, 3.63) is 66.1 Å². The van der Waals surface area contributed by atoms with Crippen molar-refractivity contribution in [1.29, 1.82) is 0 Å². The number of nitrogens with one attached hydrogen (secondary N) is 1. The highest BCUT2D eigenvalue weighted by atomic mass is 32.2. The molecule has 0 aliphatic carbocycles. The molecule has 4 aromatic rings. The van der Waals surface area contributed by atoms with E-state index in [2.05, 4.69) is 15.2 Å². The zero-order chi connectivity index (χ0) is 20.5. The van der Waals surface area contributed by atoms with Crippen LogP contribution < -0.4 is 0 Å². The molecule has 0 saturated carbocycles. The van der Waals surface area contributed by atoms with E-state index in [4.69, 9.17) is 4.42 Å². The highest BCUT2D eigenvalue weighted by molar-refractivity contribution is 8.00. The Morgan fingerprint density at radius 3 is 2.97 bits per heavy atom. The second-order valence-electron chi connectivity index (χ2n) is 6.74. The lowest BCUT2D eigenvalue weighted by molar-refractivity contribution is -0.128. The fourth-order valence-electron chi connectivity index (χ4n) is 3.49. The molecule has 1 atom stereocenters. The molecular weight excluding hydrogens is 423 g/mol. The molecule has 3 heterocycles. The van der Waals surface area contributed by atoms with E-state index in [1.807, 2.05) is 30.5 Å². The Kier molecular flexibility index (Phi) is 5.22. The van der Waals surface area contributed by atoms with E-state index in [0.29, 0.717) is 23.2 Å². The van der Waals surface area contributed by atoms with Crippen molar-refractivity contribution in [2.24, 2.45) is 0 Å². The van der Waals surface area contributed by atoms with Gasteiger partial charge in [0.05, 0.1) is 11.3 Å². The molecule has 9 heteroatoms. The Balaban J connectivity index is 1.27. The lowest BCUT2D eigenvalue weighted by atomic mass is 10.2. The number of para-hydroxylation sites is 1. The predicted molar refractivity (Wildman–Crippen MR) is 116 cm³/mol. The third-order valence-electron chi connectivity index (χ3n) is 4.93. The van der Waals surface area contributed by atoms with Crippen LogP contribution in [-0.2, 0) is 4.79 Å². The van der Waals surface area contributed by atoms with E-state index in [-0.39, 0.29) is 22.9 Å². The molecule has 6 nitrogen and oxygen atoms in total. The van der Waals surface area contributed by atoms with Gasteiger partial charge in [0.15, 0.2) is 0 Å². The van der Waals surface area contributed by atoms with Gasteiger partial charge in [-0.25, -0.2) is 4.39 Å². The summed E-state index contributed by atoms with van der Waals surface area (Å²) in [5, 5.41) is 9.21. The highest BCUT2D eigenvalue weighted by Gasteiger charge is 2.32. The number of hydrogen-bond acceptors (Lipinski definition) is 6. The van der Waals surface area contributed by atoms with Crippen LogP contribution in [0.5, 0.6) is 0 Å². The summed E-state index contributed by atoms with van der Waals surface area (Å²) in [6.45, 7) is 0.591. The first-order chi connectivity index (χ1) is 14.7. The van der Waals surface area contributed by atoms with Gasteiger partial charge in [0.2, 0.25) is 5.91 Å². The first-order valence-corrected chi connectivity index (χ1v) is 11.4. The van der Waals surface area contributed by atoms with E-state index >= 15 is 0 Å². The number of aromatic nitrogens is 3. The van der Waals surface area contributed by atoms with E-state index in [0.717, 1.165) is 22.2 Å². The molecule has 30 heavy (non-hydrogen) atoms. The largest absolute Gasteiger partial charge is 0.411 e. The van der Waals surface area contributed by atoms with Gasteiger partial charge in [0.1, 0.15) is 11.2 Å². The second kappa shape index (κ2) is 8.16. The van der Waals surface area contributed by atoms with E-state index in [9.17, 15) is 9.18 Å². The van der Waals surface area contributed by atoms with Crippen molar-refractivity contribution >= 4 is 40.3 Å². The number of carbonyl (C=O) groups excluding carboxylic acids is 1. The van der Waals surface area contributed by atoms with Gasteiger partial charge in [-0.15, -0.1) is 22.0 Å². The van der Waals surface area contributed by atoms with E-state index in [1.165, 1.54) is 17.8 Å². The van der Waals surface area contributed by atoms with Crippen LogP contribution >= 0.6 is 23.5 Å². The molecular formula is C21H17FN4O2S2. The van der Waals surface area contributed by atoms with Crippen molar-refractivity contribution in [3.63, 3.8) is 0 Å². The number of hydrogen-bond donors (Lipinski definition) is 1. The summed E-state index contributed by atoms with van der Waals surface area (Å²) in [5.74, 6) is 0.970. The SMILES string of the molecule is O=C(CSc1nnc(-c2c[nH]c3ccccc23)o1)N1CCSC1c1ccccc1F. The molecule has 0 radical (unpaired) electrons. The number of H-pyrrole nitrogens is 1. The Morgan fingerprint density at radius 1 is 1.23 bits per heavy atom. The summed E-state index contributed by atoms with van der Waals surface area (Å²) < 4.78 is 19.9. The summed E-state index contributed by atoms with van der Waals surface area (Å²) in [5.41, 5.74) is 2.35. The maximum absolute atomic E-state index is 14.2. The summed E-state index contributed by atoms with van der Waals surface area (Å²) in [6, 6.07) is 14.5. The number of benzene rings is 2. The molecule has 5 rings (SSSR count). The highest BCUT2D eigenvalue weighted by Crippen LogP contribution is 2.39. The number of thioether (sulfide) groups is 2. The molecule has 2 aromatic heterocycles. The van der Waals surface area contributed by atoms with Crippen molar-refractivity contribution in [3.8, 4) is 11.5 Å². The number of fused-ring (bicyclic) bond motifs is 1. The summed E-state index contributed by atoms with van der Waals surface area (Å²) in [4.78, 5) is 17.7. The van der Waals surface area contributed by atoms with Crippen LogP contribution in [0.25, 0.3) is 22.4 Å². The first-order valence-electron chi connectivity index (χ1n) is 9.39. The number of halogens is 1. The number of nitrogens with zero attached hydrogens (tertiary/aromatic N) is 3. The second-order valence-corrected chi connectivity index (χ2v) is 8.86. The van der Waals surface area contributed by atoms with Crippen LogP contribution in [0, 0.1) is 5.82 Å². The van der Waals surface area contributed by atoms with Crippen LogP contribution in [0.15, 0.2) is 64.4 Å². The Hall–Kier alpha value is -2.78. The zero-order valence-electron chi connectivity index (χ0n) is 15.7. The molecule has 0 spiro atoms. The maximum Gasteiger partial charge on any atom is 0.277 e. The molecule has 1 aliphatic heterocycles. The van der Waals surface area contributed by atoms with Gasteiger partial charge in [-0.3, -0.25) is 4.79 Å². The number of carbonyl (C=O) groups is 1. The van der Waals surface area contributed by atoms with Gasteiger partial charge < -0.3 is 14.3 Å².